The van der Waals surface area contributed by atoms with E-state index in [0.29, 0.717) is 17.4 Å². The molecule has 0 saturated carbocycles. The van der Waals surface area contributed by atoms with Crippen molar-refractivity contribution in [2.24, 2.45) is 0 Å². The van der Waals surface area contributed by atoms with Crippen molar-refractivity contribution in [3.05, 3.63) is 53.6 Å². The number of benzene rings is 2. The Morgan fingerprint density at radius 3 is 2.48 bits per heavy atom. The molecule has 21 heavy (non-hydrogen) atoms. The van der Waals surface area contributed by atoms with Crippen LogP contribution in [0.5, 0.6) is 5.75 Å². The molecule has 4 heteroatoms. The normalized spacial score (nSPS) is 10.5. The molecule has 4 nitrogen and oxygen atoms in total. The molecule has 0 aliphatic heterocycles. The number of carboxylic acids is 1. The van der Waals surface area contributed by atoms with E-state index in [1.54, 1.807) is 12.1 Å². The van der Waals surface area contributed by atoms with Crippen LogP contribution in [0.25, 0.3) is 0 Å². The molecule has 0 unspecified atom stereocenters. The van der Waals surface area contributed by atoms with Gasteiger partial charge in [-0.05, 0) is 35.7 Å². The molecule has 0 bridgehead atoms. The second-order valence-corrected chi connectivity index (χ2v) is 5.08. The molecule has 0 aliphatic carbocycles. The van der Waals surface area contributed by atoms with Crippen molar-refractivity contribution >= 4 is 17.3 Å². The van der Waals surface area contributed by atoms with Gasteiger partial charge in [-0.1, -0.05) is 32.0 Å². The first-order chi connectivity index (χ1) is 10.0. The van der Waals surface area contributed by atoms with Crippen LogP contribution in [0, 0.1) is 0 Å². The second kappa shape index (κ2) is 6.31. The van der Waals surface area contributed by atoms with Gasteiger partial charge in [0.25, 0.3) is 0 Å². The lowest BCUT2D eigenvalue weighted by Crippen LogP contribution is -2.05. The van der Waals surface area contributed by atoms with Crippen LogP contribution in [0.3, 0.4) is 0 Å². The van der Waals surface area contributed by atoms with E-state index in [1.165, 1.54) is 13.2 Å². The fourth-order valence-electron chi connectivity index (χ4n) is 2.20. The van der Waals surface area contributed by atoms with E-state index in [0.717, 1.165) is 11.3 Å². The maximum absolute atomic E-state index is 11.4. The van der Waals surface area contributed by atoms with Gasteiger partial charge in [0.05, 0.1) is 18.4 Å². The molecule has 2 N–H and O–H groups in total. The zero-order valence-electron chi connectivity index (χ0n) is 12.4. The largest absolute Gasteiger partial charge is 0.497 e. The van der Waals surface area contributed by atoms with Crippen molar-refractivity contribution in [2.75, 3.05) is 12.4 Å². The van der Waals surface area contributed by atoms with Crippen LogP contribution >= 0.6 is 0 Å². The zero-order chi connectivity index (χ0) is 15.4. The van der Waals surface area contributed by atoms with Crippen molar-refractivity contribution in [2.45, 2.75) is 19.8 Å². The lowest BCUT2D eigenvalue weighted by Gasteiger charge is -2.16. The summed E-state index contributed by atoms with van der Waals surface area (Å²) < 4.78 is 5.08. The molecule has 0 amide bonds. The number of hydrogen-bond acceptors (Lipinski definition) is 3. The summed E-state index contributed by atoms with van der Waals surface area (Å²) in [7, 11) is 1.52. The summed E-state index contributed by atoms with van der Waals surface area (Å²) in [4.78, 5) is 11.4. The third-order valence-corrected chi connectivity index (χ3v) is 3.31. The Balaban J connectivity index is 2.42. The molecular formula is C17H19NO3. The summed E-state index contributed by atoms with van der Waals surface area (Å²) in [5.41, 5.74) is 2.80. The first-order valence-electron chi connectivity index (χ1n) is 6.80. The van der Waals surface area contributed by atoms with Crippen LogP contribution < -0.4 is 10.1 Å². The third kappa shape index (κ3) is 3.34. The van der Waals surface area contributed by atoms with Gasteiger partial charge >= 0.3 is 5.97 Å². The zero-order valence-corrected chi connectivity index (χ0v) is 12.4. The number of ether oxygens (including phenoxy) is 1. The Bertz CT molecular complexity index is 650. The molecule has 110 valence electrons. The van der Waals surface area contributed by atoms with Crippen molar-refractivity contribution in [3.63, 3.8) is 0 Å². The van der Waals surface area contributed by atoms with Gasteiger partial charge in [-0.3, -0.25) is 0 Å². The molecule has 2 rings (SSSR count). The van der Waals surface area contributed by atoms with E-state index < -0.39 is 5.97 Å². The quantitative estimate of drug-likeness (QED) is 0.861. The molecule has 0 spiro atoms. The second-order valence-electron chi connectivity index (χ2n) is 5.08. The summed E-state index contributed by atoms with van der Waals surface area (Å²) in [6.45, 7) is 4.21. The van der Waals surface area contributed by atoms with Gasteiger partial charge < -0.3 is 15.2 Å². The molecule has 0 atom stereocenters. The van der Waals surface area contributed by atoms with Crippen LogP contribution in [-0.4, -0.2) is 18.2 Å². The number of rotatable bonds is 5. The maximum Gasteiger partial charge on any atom is 0.337 e. The lowest BCUT2D eigenvalue weighted by atomic mass is 10.0. The van der Waals surface area contributed by atoms with Gasteiger partial charge in [0, 0.05) is 5.69 Å². The molecule has 0 fully saturated rings. The smallest absolute Gasteiger partial charge is 0.337 e. The maximum atomic E-state index is 11.4. The highest BCUT2D eigenvalue weighted by Gasteiger charge is 2.13. The molecule has 0 heterocycles. The highest BCUT2D eigenvalue weighted by atomic mass is 16.5. The Morgan fingerprint density at radius 1 is 1.14 bits per heavy atom. The Kier molecular flexibility index (Phi) is 4.48. The number of nitrogens with one attached hydrogen (secondary N) is 1. The van der Waals surface area contributed by atoms with E-state index in [1.807, 2.05) is 24.3 Å². The van der Waals surface area contributed by atoms with E-state index in [9.17, 15) is 9.90 Å². The monoisotopic (exact) mass is 285 g/mol. The molecule has 2 aromatic rings. The summed E-state index contributed by atoms with van der Waals surface area (Å²) >= 11 is 0. The van der Waals surface area contributed by atoms with Gasteiger partial charge in [0.15, 0.2) is 0 Å². The van der Waals surface area contributed by atoms with Crippen LogP contribution in [0.2, 0.25) is 0 Å². The number of methoxy groups -OCH3 is 1. The number of carbonyl (C=O) groups is 1. The molecule has 2 aromatic carbocycles. The highest BCUT2D eigenvalue weighted by Crippen LogP contribution is 2.30. The van der Waals surface area contributed by atoms with E-state index in [2.05, 4.69) is 19.2 Å². The fourth-order valence-corrected chi connectivity index (χ4v) is 2.20. The number of hydrogen-bond donors (Lipinski definition) is 2. The van der Waals surface area contributed by atoms with E-state index in [4.69, 9.17) is 4.74 Å². The summed E-state index contributed by atoms with van der Waals surface area (Å²) in [6, 6.07) is 12.9. The molecule has 0 aliphatic rings. The molecule has 0 aromatic heterocycles. The minimum atomic E-state index is -0.988. The van der Waals surface area contributed by atoms with Crippen LogP contribution in [0.1, 0.15) is 35.7 Å². The fraction of sp³-hybridized carbons (Fsp3) is 0.235. The minimum absolute atomic E-state index is 0.188. The predicted octanol–water partition coefficient (Wildman–Crippen LogP) is 4.26. The van der Waals surface area contributed by atoms with E-state index >= 15 is 0 Å². The first-order valence-corrected chi connectivity index (χ1v) is 6.80. The average molecular weight is 285 g/mol. The minimum Gasteiger partial charge on any atom is -0.497 e. The van der Waals surface area contributed by atoms with Crippen molar-refractivity contribution in [3.8, 4) is 5.75 Å². The SMILES string of the molecule is COc1ccc(Nc2ccccc2C(C)C)c(C(=O)O)c1. The number of anilines is 2. The topological polar surface area (TPSA) is 58.6 Å². The third-order valence-electron chi connectivity index (χ3n) is 3.31. The Hall–Kier alpha value is -2.49. The van der Waals surface area contributed by atoms with Crippen LogP contribution in [-0.2, 0) is 0 Å². The Labute approximate surface area is 124 Å². The van der Waals surface area contributed by atoms with Crippen LogP contribution in [0.4, 0.5) is 11.4 Å². The Morgan fingerprint density at radius 2 is 1.86 bits per heavy atom. The molecule has 0 radical (unpaired) electrons. The van der Waals surface area contributed by atoms with Crippen molar-refractivity contribution < 1.29 is 14.6 Å². The van der Waals surface area contributed by atoms with Crippen LogP contribution in [0.15, 0.2) is 42.5 Å². The van der Waals surface area contributed by atoms with Gasteiger partial charge in [-0.25, -0.2) is 4.79 Å². The standard InChI is InChI=1S/C17H19NO3/c1-11(2)13-6-4-5-7-15(13)18-16-9-8-12(21-3)10-14(16)17(19)20/h4-11,18H,1-3H3,(H,19,20). The lowest BCUT2D eigenvalue weighted by molar-refractivity contribution is 0.0697. The average Bonchev–Trinajstić information content (AvgIpc) is 2.47. The number of carboxylic acid groups (broad SMARTS) is 1. The first kappa shape index (κ1) is 14.9. The van der Waals surface area contributed by atoms with Gasteiger partial charge in [0.1, 0.15) is 5.75 Å². The van der Waals surface area contributed by atoms with Crippen molar-refractivity contribution in [1.29, 1.82) is 0 Å². The van der Waals surface area contributed by atoms with E-state index in [-0.39, 0.29) is 5.56 Å². The molecular weight excluding hydrogens is 266 g/mol. The number of aromatic carboxylic acids is 1. The van der Waals surface area contributed by atoms with Gasteiger partial charge in [-0.15, -0.1) is 0 Å². The van der Waals surface area contributed by atoms with Gasteiger partial charge in [0.2, 0.25) is 0 Å². The molecule has 0 saturated heterocycles. The summed E-state index contributed by atoms with van der Waals surface area (Å²) in [5.74, 6) is -0.117. The van der Waals surface area contributed by atoms with Crippen molar-refractivity contribution in [1.82, 2.24) is 0 Å². The summed E-state index contributed by atoms with van der Waals surface area (Å²) in [6.07, 6.45) is 0. The highest BCUT2D eigenvalue weighted by molar-refractivity contribution is 5.95. The number of para-hydroxylation sites is 1. The predicted molar refractivity (Wildman–Crippen MR) is 83.8 cm³/mol. The summed E-state index contributed by atoms with van der Waals surface area (Å²) in [5, 5.41) is 12.6. The van der Waals surface area contributed by atoms with Gasteiger partial charge in [-0.2, -0.15) is 0 Å².